The molecule has 1 fully saturated rings. The summed E-state index contributed by atoms with van der Waals surface area (Å²) in [5.74, 6) is 3.08. The van der Waals surface area contributed by atoms with Gasteiger partial charge in [0, 0.05) is 12.6 Å². The predicted molar refractivity (Wildman–Crippen MR) is 88.0 cm³/mol. The van der Waals surface area contributed by atoms with Crippen LogP contribution < -0.4 is 5.32 Å². The van der Waals surface area contributed by atoms with Crippen molar-refractivity contribution in [2.24, 2.45) is 17.8 Å². The van der Waals surface area contributed by atoms with E-state index in [0.29, 0.717) is 11.8 Å². The van der Waals surface area contributed by atoms with Gasteiger partial charge < -0.3 is 5.32 Å². The molecule has 0 saturated heterocycles. The molecule has 0 spiro atoms. The van der Waals surface area contributed by atoms with Crippen molar-refractivity contribution in [3.05, 3.63) is 35.9 Å². The summed E-state index contributed by atoms with van der Waals surface area (Å²) in [6.07, 6.45) is 4.11. The molecule has 4 atom stereocenters. The first kappa shape index (κ1) is 15.6. The molecule has 112 valence electrons. The topological polar surface area (TPSA) is 12.0 Å². The number of benzene rings is 1. The third kappa shape index (κ3) is 3.63. The van der Waals surface area contributed by atoms with Gasteiger partial charge in [0.1, 0.15) is 0 Å². The van der Waals surface area contributed by atoms with Gasteiger partial charge in [0.15, 0.2) is 0 Å². The molecule has 0 aliphatic heterocycles. The largest absolute Gasteiger partial charge is 0.313 e. The van der Waals surface area contributed by atoms with E-state index in [2.05, 4.69) is 63.3 Å². The molecule has 1 aliphatic rings. The smallest absolute Gasteiger partial charge is 0.00956 e. The van der Waals surface area contributed by atoms with Crippen LogP contribution in [0.3, 0.4) is 0 Å². The van der Waals surface area contributed by atoms with Crippen LogP contribution in [0.2, 0.25) is 0 Å². The zero-order chi connectivity index (χ0) is 14.5. The Kier molecular flexibility index (Phi) is 5.65. The first-order valence-electron chi connectivity index (χ1n) is 8.41. The second-order valence-corrected chi connectivity index (χ2v) is 6.88. The number of rotatable bonds is 6. The molecule has 1 nitrogen and oxygen atoms in total. The summed E-state index contributed by atoms with van der Waals surface area (Å²) in [7, 11) is 0. The Morgan fingerprint density at radius 1 is 1.15 bits per heavy atom. The SMILES string of the molecule is CCC1CCC(NCC(c2ccccc2)C(C)C)C1C. The Bertz CT molecular complexity index is 384. The van der Waals surface area contributed by atoms with Crippen molar-refractivity contribution in [1.82, 2.24) is 5.32 Å². The summed E-state index contributed by atoms with van der Waals surface area (Å²) in [4.78, 5) is 0. The Morgan fingerprint density at radius 2 is 1.85 bits per heavy atom. The standard InChI is InChI=1S/C19H31N/c1-5-16-11-12-19(15(16)4)20-13-18(14(2)3)17-9-7-6-8-10-17/h6-10,14-16,18-20H,5,11-13H2,1-4H3. The maximum Gasteiger partial charge on any atom is 0.00956 e. The van der Waals surface area contributed by atoms with Crippen LogP contribution in [0.4, 0.5) is 0 Å². The minimum atomic E-state index is 0.629. The lowest BCUT2D eigenvalue weighted by Crippen LogP contribution is -2.36. The van der Waals surface area contributed by atoms with Crippen LogP contribution in [-0.2, 0) is 0 Å². The van der Waals surface area contributed by atoms with Crippen molar-refractivity contribution < 1.29 is 0 Å². The molecule has 20 heavy (non-hydrogen) atoms. The van der Waals surface area contributed by atoms with E-state index in [1.807, 2.05) is 0 Å². The van der Waals surface area contributed by atoms with E-state index in [9.17, 15) is 0 Å². The quantitative estimate of drug-likeness (QED) is 0.782. The highest BCUT2D eigenvalue weighted by molar-refractivity contribution is 5.20. The zero-order valence-electron chi connectivity index (χ0n) is 13.6. The summed E-state index contributed by atoms with van der Waals surface area (Å²) < 4.78 is 0. The van der Waals surface area contributed by atoms with Gasteiger partial charge in [0.25, 0.3) is 0 Å². The van der Waals surface area contributed by atoms with E-state index in [4.69, 9.17) is 0 Å². The monoisotopic (exact) mass is 273 g/mol. The Balaban J connectivity index is 1.94. The van der Waals surface area contributed by atoms with Gasteiger partial charge in [0.05, 0.1) is 0 Å². The lowest BCUT2D eigenvalue weighted by molar-refractivity contribution is 0.330. The van der Waals surface area contributed by atoms with Crippen LogP contribution >= 0.6 is 0 Å². The van der Waals surface area contributed by atoms with E-state index in [0.717, 1.165) is 24.4 Å². The molecule has 4 unspecified atom stereocenters. The van der Waals surface area contributed by atoms with Crippen LogP contribution in [0.1, 0.15) is 58.4 Å². The molecule has 0 bridgehead atoms. The van der Waals surface area contributed by atoms with E-state index in [1.54, 1.807) is 0 Å². The van der Waals surface area contributed by atoms with Gasteiger partial charge in [-0.05, 0) is 42.1 Å². The van der Waals surface area contributed by atoms with Crippen molar-refractivity contribution in [2.75, 3.05) is 6.54 Å². The number of hydrogen-bond acceptors (Lipinski definition) is 1. The fourth-order valence-corrected chi connectivity index (χ4v) is 3.83. The molecule has 0 radical (unpaired) electrons. The number of nitrogens with one attached hydrogen (secondary N) is 1. The highest BCUT2D eigenvalue weighted by Crippen LogP contribution is 2.34. The molecule has 1 heteroatoms. The summed E-state index contributed by atoms with van der Waals surface area (Å²) in [5.41, 5.74) is 1.48. The Labute approximate surface area is 125 Å². The molecule has 0 aromatic heterocycles. The molecule has 1 aromatic carbocycles. The van der Waals surface area contributed by atoms with Crippen molar-refractivity contribution in [3.63, 3.8) is 0 Å². The molecule has 0 amide bonds. The molecule has 2 rings (SSSR count). The fraction of sp³-hybridized carbons (Fsp3) is 0.684. The van der Waals surface area contributed by atoms with Gasteiger partial charge in [-0.1, -0.05) is 64.4 Å². The van der Waals surface area contributed by atoms with Gasteiger partial charge >= 0.3 is 0 Å². The van der Waals surface area contributed by atoms with E-state index >= 15 is 0 Å². The van der Waals surface area contributed by atoms with Gasteiger partial charge in [-0.15, -0.1) is 0 Å². The molecule has 0 heterocycles. The maximum atomic E-state index is 3.88. The van der Waals surface area contributed by atoms with Crippen LogP contribution in [0.5, 0.6) is 0 Å². The predicted octanol–water partition coefficient (Wildman–Crippen LogP) is 4.84. The van der Waals surface area contributed by atoms with Crippen molar-refractivity contribution in [2.45, 2.75) is 58.9 Å². The Hall–Kier alpha value is -0.820. The minimum Gasteiger partial charge on any atom is -0.313 e. The molecular formula is C19H31N. The lowest BCUT2D eigenvalue weighted by atomic mass is 9.87. The molecule has 1 N–H and O–H groups in total. The number of hydrogen-bond donors (Lipinski definition) is 1. The third-order valence-corrected chi connectivity index (χ3v) is 5.38. The lowest BCUT2D eigenvalue weighted by Gasteiger charge is -2.27. The van der Waals surface area contributed by atoms with Gasteiger partial charge in [-0.3, -0.25) is 0 Å². The highest BCUT2D eigenvalue weighted by Gasteiger charge is 2.31. The van der Waals surface area contributed by atoms with E-state index in [-0.39, 0.29) is 0 Å². The normalized spacial score (nSPS) is 27.9. The molecule has 1 aliphatic carbocycles. The van der Waals surface area contributed by atoms with Crippen LogP contribution in [-0.4, -0.2) is 12.6 Å². The van der Waals surface area contributed by atoms with Crippen LogP contribution in [0.25, 0.3) is 0 Å². The molecular weight excluding hydrogens is 242 g/mol. The first-order chi connectivity index (χ1) is 9.63. The van der Waals surface area contributed by atoms with Crippen molar-refractivity contribution in [1.29, 1.82) is 0 Å². The maximum absolute atomic E-state index is 3.88. The summed E-state index contributed by atoms with van der Waals surface area (Å²) >= 11 is 0. The second kappa shape index (κ2) is 7.26. The van der Waals surface area contributed by atoms with Crippen LogP contribution in [0.15, 0.2) is 30.3 Å². The van der Waals surface area contributed by atoms with Gasteiger partial charge in [-0.25, -0.2) is 0 Å². The van der Waals surface area contributed by atoms with Crippen molar-refractivity contribution >= 4 is 0 Å². The van der Waals surface area contributed by atoms with Crippen molar-refractivity contribution in [3.8, 4) is 0 Å². The second-order valence-electron chi connectivity index (χ2n) is 6.88. The average Bonchev–Trinajstić information content (AvgIpc) is 2.80. The fourth-order valence-electron chi connectivity index (χ4n) is 3.83. The van der Waals surface area contributed by atoms with E-state index < -0.39 is 0 Å². The first-order valence-corrected chi connectivity index (χ1v) is 8.41. The molecule has 1 aromatic rings. The summed E-state index contributed by atoms with van der Waals surface area (Å²) in [6, 6.07) is 11.7. The van der Waals surface area contributed by atoms with Crippen LogP contribution in [0, 0.1) is 17.8 Å². The van der Waals surface area contributed by atoms with Gasteiger partial charge in [-0.2, -0.15) is 0 Å². The highest BCUT2D eigenvalue weighted by atomic mass is 14.9. The summed E-state index contributed by atoms with van der Waals surface area (Å²) in [6.45, 7) is 10.6. The van der Waals surface area contributed by atoms with Gasteiger partial charge in [0.2, 0.25) is 0 Å². The molecule has 1 saturated carbocycles. The Morgan fingerprint density at radius 3 is 2.40 bits per heavy atom. The average molecular weight is 273 g/mol. The third-order valence-electron chi connectivity index (χ3n) is 5.38. The van der Waals surface area contributed by atoms with E-state index in [1.165, 1.54) is 24.8 Å². The summed E-state index contributed by atoms with van der Waals surface area (Å²) in [5, 5.41) is 3.88. The minimum absolute atomic E-state index is 0.629. The zero-order valence-corrected chi connectivity index (χ0v) is 13.6.